The molecule has 0 saturated carbocycles. The minimum atomic E-state index is -3.31. The van der Waals surface area contributed by atoms with E-state index in [9.17, 15) is 8.42 Å². The number of pyridine rings is 1. The Labute approximate surface area is 133 Å². The number of hydrogen-bond acceptors (Lipinski definition) is 4. The first-order chi connectivity index (χ1) is 10.5. The molecule has 5 nitrogen and oxygen atoms in total. The van der Waals surface area contributed by atoms with E-state index in [1.54, 1.807) is 16.7 Å². The Morgan fingerprint density at radius 2 is 2.00 bits per heavy atom. The monoisotopic (exact) mass is 326 g/mol. The van der Waals surface area contributed by atoms with E-state index >= 15 is 0 Å². The van der Waals surface area contributed by atoms with Crippen molar-refractivity contribution in [3.63, 3.8) is 0 Å². The van der Waals surface area contributed by atoms with Crippen molar-refractivity contribution in [3.8, 4) is 0 Å². The first kappa shape index (κ1) is 17.4. The van der Waals surface area contributed by atoms with E-state index in [1.807, 2.05) is 26.0 Å². The second kappa shape index (κ2) is 8.04. The van der Waals surface area contributed by atoms with Crippen molar-refractivity contribution in [3.05, 3.63) is 30.1 Å². The summed E-state index contributed by atoms with van der Waals surface area (Å²) in [7, 11) is -3.31. The van der Waals surface area contributed by atoms with Crippen LogP contribution in [-0.2, 0) is 14.8 Å². The second-order valence-corrected chi connectivity index (χ2v) is 8.03. The molecule has 1 aromatic rings. The van der Waals surface area contributed by atoms with Crippen LogP contribution in [0.3, 0.4) is 0 Å². The lowest BCUT2D eigenvalue weighted by atomic mass is 10.0. The molecular formula is C16H26N2O3S. The fraction of sp³-hybridized carbons (Fsp3) is 0.688. The van der Waals surface area contributed by atoms with Crippen LogP contribution in [0.5, 0.6) is 0 Å². The Hall–Kier alpha value is -0.980. The Morgan fingerprint density at radius 3 is 2.68 bits per heavy atom. The van der Waals surface area contributed by atoms with Gasteiger partial charge in [-0.3, -0.25) is 4.98 Å². The lowest BCUT2D eigenvalue weighted by Crippen LogP contribution is -2.37. The first-order valence-electron chi connectivity index (χ1n) is 8.02. The quantitative estimate of drug-likeness (QED) is 0.806. The highest BCUT2D eigenvalue weighted by Crippen LogP contribution is 2.32. The molecule has 1 fully saturated rings. The number of ether oxygens (including phenoxy) is 1. The third kappa shape index (κ3) is 4.76. The molecule has 124 valence electrons. The number of rotatable bonds is 6. The number of hydrogen-bond donors (Lipinski definition) is 0. The fourth-order valence-corrected chi connectivity index (χ4v) is 4.40. The molecule has 1 atom stereocenters. The molecule has 0 aromatic carbocycles. The molecular weight excluding hydrogens is 300 g/mol. The van der Waals surface area contributed by atoms with Gasteiger partial charge < -0.3 is 4.74 Å². The summed E-state index contributed by atoms with van der Waals surface area (Å²) in [5, 5.41) is 0. The third-order valence-electron chi connectivity index (χ3n) is 3.94. The predicted molar refractivity (Wildman–Crippen MR) is 87.0 cm³/mol. The van der Waals surface area contributed by atoms with Gasteiger partial charge in [0.25, 0.3) is 0 Å². The molecule has 0 unspecified atom stereocenters. The van der Waals surface area contributed by atoms with Crippen LogP contribution in [0.25, 0.3) is 0 Å². The van der Waals surface area contributed by atoms with E-state index in [4.69, 9.17) is 4.74 Å². The molecule has 0 radical (unpaired) electrons. The molecule has 0 spiro atoms. The van der Waals surface area contributed by atoms with Gasteiger partial charge in [0.1, 0.15) is 0 Å². The lowest BCUT2D eigenvalue weighted by Gasteiger charge is -2.29. The molecule has 0 aliphatic carbocycles. The van der Waals surface area contributed by atoms with Crippen LogP contribution in [0.2, 0.25) is 0 Å². The Bertz CT molecular complexity index is 546. The normalized spacial score (nSPS) is 21.0. The van der Waals surface area contributed by atoms with Crippen LogP contribution in [0, 0.1) is 0 Å². The fourth-order valence-electron chi connectivity index (χ4n) is 2.84. The van der Waals surface area contributed by atoms with Crippen molar-refractivity contribution in [2.45, 2.75) is 51.7 Å². The maximum absolute atomic E-state index is 12.7. The highest BCUT2D eigenvalue weighted by molar-refractivity contribution is 7.89. The molecule has 6 heteroatoms. The van der Waals surface area contributed by atoms with Gasteiger partial charge in [-0.2, -0.15) is 4.31 Å². The topological polar surface area (TPSA) is 59.5 Å². The molecule has 2 rings (SSSR count). The minimum Gasteiger partial charge on any atom is -0.378 e. The van der Waals surface area contributed by atoms with Crippen molar-refractivity contribution in [2.24, 2.45) is 0 Å². The summed E-state index contributed by atoms with van der Waals surface area (Å²) in [6.45, 7) is 4.67. The van der Waals surface area contributed by atoms with Crippen molar-refractivity contribution < 1.29 is 13.2 Å². The van der Waals surface area contributed by atoms with Gasteiger partial charge >= 0.3 is 0 Å². The average molecular weight is 326 g/mol. The van der Waals surface area contributed by atoms with E-state index in [2.05, 4.69) is 4.98 Å². The molecule has 0 N–H and O–H groups in total. The van der Waals surface area contributed by atoms with Crippen LogP contribution in [0.15, 0.2) is 24.5 Å². The molecule has 22 heavy (non-hydrogen) atoms. The van der Waals surface area contributed by atoms with Crippen LogP contribution in [0.4, 0.5) is 0 Å². The highest BCUT2D eigenvalue weighted by atomic mass is 32.2. The van der Waals surface area contributed by atoms with E-state index < -0.39 is 10.0 Å². The summed E-state index contributed by atoms with van der Waals surface area (Å²) < 4.78 is 32.6. The molecule has 2 heterocycles. The Kier molecular flexibility index (Phi) is 6.35. The van der Waals surface area contributed by atoms with Gasteiger partial charge in [-0.1, -0.05) is 12.8 Å². The van der Waals surface area contributed by atoms with Gasteiger partial charge in [-0.25, -0.2) is 8.42 Å². The second-order valence-electron chi connectivity index (χ2n) is 5.99. The summed E-state index contributed by atoms with van der Waals surface area (Å²) in [5.74, 6) is 0.0484. The third-order valence-corrected chi connectivity index (χ3v) is 5.78. The largest absolute Gasteiger partial charge is 0.378 e. The van der Waals surface area contributed by atoms with Gasteiger partial charge in [-0.15, -0.1) is 0 Å². The molecule has 1 aromatic heterocycles. The highest BCUT2D eigenvalue weighted by Gasteiger charge is 2.31. The summed E-state index contributed by atoms with van der Waals surface area (Å²) in [4.78, 5) is 4.03. The molecule has 1 aliphatic rings. The van der Waals surface area contributed by atoms with Gasteiger partial charge in [0.05, 0.1) is 18.5 Å². The average Bonchev–Trinajstić information content (AvgIpc) is 2.74. The van der Waals surface area contributed by atoms with Crippen LogP contribution >= 0.6 is 0 Å². The van der Waals surface area contributed by atoms with Crippen LogP contribution in [-0.4, -0.2) is 42.7 Å². The molecule has 1 aliphatic heterocycles. The van der Waals surface area contributed by atoms with E-state index in [-0.39, 0.29) is 24.5 Å². The Morgan fingerprint density at radius 1 is 1.27 bits per heavy atom. The van der Waals surface area contributed by atoms with E-state index in [0.29, 0.717) is 6.54 Å². The SMILES string of the molecule is CC(C)OCCS(=O)(=O)N1CCCCC[C@@H]1c1ccncc1. The summed E-state index contributed by atoms with van der Waals surface area (Å²) in [6, 6.07) is 3.77. The molecule has 1 saturated heterocycles. The smallest absolute Gasteiger partial charge is 0.216 e. The van der Waals surface area contributed by atoms with Gasteiger partial charge in [-0.05, 0) is 44.4 Å². The van der Waals surface area contributed by atoms with Crippen LogP contribution in [0.1, 0.15) is 51.1 Å². The number of nitrogens with zero attached hydrogens (tertiary/aromatic N) is 2. The van der Waals surface area contributed by atoms with Crippen molar-refractivity contribution >= 4 is 10.0 Å². The van der Waals surface area contributed by atoms with Crippen molar-refractivity contribution in [1.29, 1.82) is 0 Å². The standard InChI is InChI=1S/C16H26N2O3S/c1-14(2)21-12-13-22(19,20)18-11-5-3-4-6-16(18)15-7-9-17-10-8-15/h7-10,14,16H,3-6,11-13H2,1-2H3/t16-/m1/s1. The zero-order valence-corrected chi connectivity index (χ0v) is 14.3. The Balaban J connectivity index is 2.16. The van der Waals surface area contributed by atoms with Gasteiger partial charge in [0.15, 0.2) is 0 Å². The zero-order valence-electron chi connectivity index (χ0n) is 13.4. The lowest BCUT2D eigenvalue weighted by molar-refractivity contribution is 0.0904. The predicted octanol–water partition coefficient (Wildman–Crippen LogP) is 2.75. The molecule has 0 amide bonds. The van der Waals surface area contributed by atoms with Crippen molar-refractivity contribution in [1.82, 2.24) is 9.29 Å². The number of aromatic nitrogens is 1. The van der Waals surface area contributed by atoms with Crippen LogP contribution < -0.4 is 0 Å². The summed E-state index contributed by atoms with van der Waals surface area (Å²) in [6.07, 6.45) is 7.44. The van der Waals surface area contributed by atoms with Gasteiger partial charge in [0, 0.05) is 25.0 Å². The maximum atomic E-state index is 12.7. The van der Waals surface area contributed by atoms with Crippen molar-refractivity contribution in [2.75, 3.05) is 18.9 Å². The minimum absolute atomic E-state index is 0.0484. The zero-order chi connectivity index (χ0) is 16.0. The molecule has 0 bridgehead atoms. The number of sulfonamides is 1. The van der Waals surface area contributed by atoms with E-state index in [1.165, 1.54) is 0 Å². The maximum Gasteiger partial charge on any atom is 0.216 e. The summed E-state index contributed by atoms with van der Waals surface area (Å²) in [5.41, 5.74) is 1.03. The van der Waals surface area contributed by atoms with Gasteiger partial charge in [0.2, 0.25) is 10.0 Å². The summed E-state index contributed by atoms with van der Waals surface area (Å²) >= 11 is 0. The van der Waals surface area contributed by atoms with E-state index in [0.717, 1.165) is 31.2 Å². The first-order valence-corrected chi connectivity index (χ1v) is 9.62.